The number of hydrogen-bond acceptors (Lipinski definition) is 3. The Morgan fingerprint density at radius 2 is 1.77 bits per heavy atom. The van der Waals surface area contributed by atoms with Crippen LogP contribution in [0.2, 0.25) is 10.4 Å². The smallest absolute Gasteiger partial charge is 0.376 e. The summed E-state index contributed by atoms with van der Waals surface area (Å²) in [6.07, 6.45) is -4.37. The van der Waals surface area contributed by atoms with Gasteiger partial charge < -0.3 is 4.74 Å². The lowest BCUT2D eigenvalue weighted by atomic mass is 9.91. The molecule has 0 saturated heterocycles. The van der Waals surface area contributed by atoms with Crippen molar-refractivity contribution in [2.45, 2.75) is 18.7 Å². The molecule has 1 atom stereocenters. The maximum absolute atomic E-state index is 12.6. The summed E-state index contributed by atoms with van der Waals surface area (Å²) < 4.78 is 43.3. The molecule has 0 amide bonds. The lowest BCUT2D eigenvalue weighted by Crippen LogP contribution is -2.20. The molecule has 1 unspecified atom stereocenters. The summed E-state index contributed by atoms with van der Waals surface area (Å²) in [4.78, 5) is 8.02. The standard InChI is InChI=1S/C14H9Cl2F3N2O/c15-12-10-6-22-5-9(11(10)20-13(16)21-12)7-1-3-8(4-2-7)14(17,18)19/h1-4,9H,5-6H2. The molecule has 116 valence electrons. The van der Waals surface area contributed by atoms with Gasteiger partial charge in [0.05, 0.1) is 30.4 Å². The second-order valence-electron chi connectivity index (χ2n) is 4.83. The van der Waals surface area contributed by atoms with Gasteiger partial charge in [-0.3, -0.25) is 0 Å². The molecular formula is C14H9Cl2F3N2O. The van der Waals surface area contributed by atoms with Gasteiger partial charge in [-0.1, -0.05) is 23.7 Å². The quantitative estimate of drug-likeness (QED) is 0.563. The van der Waals surface area contributed by atoms with Crippen molar-refractivity contribution in [2.24, 2.45) is 0 Å². The highest BCUT2D eigenvalue weighted by molar-refractivity contribution is 6.32. The Morgan fingerprint density at radius 1 is 1.09 bits per heavy atom. The molecule has 22 heavy (non-hydrogen) atoms. The van der Waals surface area contributed by atoms with Crippen LogP contribution >= 0.6 is 23.2 Å². The minimum atomic E-state index is -4.37. The predicted molar refractivity (Wildman–Crippen MR) is 75.0 cm³/mol. The fourth-order valence-corrected chi connectivity index (χ4v) is 2.83. The molecule has 0 saturated carbocycles. The first-order valence-corrected chi connectivity index (χ1v) is 7.08. The molecular weight excluding hydrogens is 340 g/mol. The average molecular weight is 349 g/mol. The molecule has 2 heterocycles. The van der Waals surface area contributed by atoms with Crippen LogP contribution in [-0.4, -0.2) is 16.6 Å². The molecule has 1 aliphatic heterocycles. The molecule has 0 radical (unpaired) electrons. The maximum atomic E-state index is 12.6. The fraction of sp³-hybridized carbons (Fsp3) is 0.286. The van der Waals surface area contributed by atoms with Crippen molar-refractivity contribution in [3.8, 4) is 0 Å². The van der Waals surface area contributed by atoms with Crippen LogP contribution in [-0.2, 0) is 17.5 Å². The maximum Gasteiger partial charge on any atom is 0.416 e. The molecule has 0 aliphatic carbocycles. The highest BCUT2D eigenvalue weighted by atomic mass is 35.5. The van der Waals surface area contributed by atoms with E-state index in [1.165, 1.54) is 12.1 Å². The summed E-state index contributed by atoms with van der Waals surface area (Å²) in [7, 11) is 0. The van der Waals surface area contributed by atoms with Crippen molar-refractivity contribution >= 4 is 23.2 Å². The fourth-order valence-electron chi connectivity index (χ4n) is 2.38. The van der Waals surface area contributed by atoms with E-state index >= 15 is 0 Å². The second kappa shape index (κ2) is 5.68. The monoisotopic (exact) mass is 348 g/mol. The normalized spacial score (nSPS) is 18.1. The van der Waals surface area contributed by atoms with Crippen molar-refractivity contribution in [1.29, 1.82) is 0 Å². The van der Waals surface area contributed by atoms with Crippen molar-refractivity contribution in [1.82, 2.24) is 9.97 Å². The van der Waals surface area contributed by atoms with Gasteiger partial charge in [-0.05, 0) is 29.3 Å². The molecule has 2 aromatic rings. The van der Waals surface area contributed by atoms with Gasteiger partial charge in [0.1, 0.15) is 5.15 Å². The zero-order chi connectivity index (χ0) is 15.9. The number of aromatic nitrogens is 2. The number of ether oxygens (including phenoxy) is 1. The van der Waals surface area contributed by atoms with Crippen LogP contribution < -0.4 is 0 Å². The first-order valence-electron chi connectivity index (χ1n) is 6.33. The summed E-state index contributed by atoms with van der Waals surface area (Å²) in [5.41, 5.74) is 1.16. The van der Waals surface area contributed by atoms with E-state index < -0.39 is 11.7 Å². The molecule has 3 nitrogen and oxygen atoms in total. The van der Waals surface area contributed by atoms with E-state index in [0.717, 1.165) is 12.1 Å². The van der Waals surface area contributed by atoms with Crippen molar-refractivity contribution in [3.05, 3.63) is 57.1 Å². The SMILES string of the molecule is FC(F)(F)c1ccc(C2COCc3c(Cl)nc(Cl)nc32)cc1. The molecule has 0 spiro atoms. The first kappa shape index (κ1) is 15.5. The van der Waals surface area contributed by atoms with E-state index in [1.54, 1.807) is 0 Å². The number of fused-ring (bicyclic) bond motifs is 1. The van der Waals surface area contributed by atoms with Crippen LogP contribution in [0, 0.1) is 0 Å². The third-order valence-electron chi connectivity index (χ3n) is 3.46. The third kappa shape index (κ3) is 2.91. The molecule has 0 fully saturated rings. The van der Waals surface area contributed by atoms with Crippen LogP contribution in [0.3, 0.4) is 0 Å². The number of rotatable bonds is 1. The van der Waals surface area contributed by atoms with Crippen molar-refractivity contribution in [2.75, 3.05) is 6.61 Å². The van der Waals surface area contributed by atoms with Crippen LogP contribution in [0.4, 0.5) is 13.2 Å². The molecule has 1 aromatic heterocycles. The number of benzene rings is 1. The summed E-state index contributed by atoms with van der Waals surface area (Å²) in [5.74, 6) is -0.330. The molecule has 1 aliphatic rings. The van der Waals surface area contributed by atoms with E-state index in [-0.39, 0.29) is 23.0 Å². The summed E-state index contributed by atoms with van der Waals surface area (Å²) in [6.45, 7) is 0.546. The van der Waals surface area contributed by atoms with Gasteiger partial charge >= 0.3 is 6.18 Å². The zero-order valence-electron chi connectivity index (χ0n) is 11.0. The van der Waals surface area contributed by atoms with Gasteiger partial charge in [-0.15, -0.1) is 0 Å². The Kier molecular flexibility index (Phi) is 4.01. The highest BCUT2D eigenvalue weighted by Crippen LogP contribution is 2.36. The van der Waals surface area contributed by atoms with Gasteiger partial charge in [0, 0.05) is 5.56 Å². The molecule has 0 bridgehead atoms. The minimum absolute atomic E-state index is 0.00237. The lowest BCUT2D eigenvalue weighted by molar-refractivity contribution is -0.137. The van der Waals surface area contributed by atoms with Gasteiger partial charge in [-0.25, -0.2) is 9.97 Å². The molecule has 1 aromatic carbocycles. The van der Waals surface area contributed by atoms with Gasteiger partial charge in [0.2, 0.25) is 5.28 Å². The molecule has 3 rings (SSSR count). The topological polar surface area (TPSA) is 35.0 Å². The Bertz CT molecular complexity index is 704. The zero-order valence-corrected chi connectivity index (χ0v) is 12.5. The summed E-state index contributed by atoms with van der Waals surface area (Å²) >= 11 is 11.8. The minimum Gasteiger partial charge on any atom is -0.376 e. The van der Waals surface area contributed by atoms with Crippen LogP contribution in [0.25, 0.3) is 0 Å². The van der Waals surface area contributed by atoms with E-state index in [4.69, 9.17) is 27.9 Å². The predicted octanol–water partition coefficient (Wildman–Crippen LogP) is 4.46. The number of hydrogen-bond donors (Lipinski definition) is 0. The second-order valence-corrected chi connectivity index (χ2v) is 5.53. The van der Waals surface area contributed by atoms with E-state index in [1.807, 2.05) is 0 Å². The van der Waals surface area contributed by atoms with E-state index in [2.05, 4.69) is 9.97 Å². The Balaban J connectivity index is 2.01. The highest BCUT2D eigenvalue weighted by Gasteiger charge is 2.31. The first-order chi connectivity index (χ1) is 10.4. The van der Waals surface area contributed by atoms with Gasteiger partial charge in [0.25, 0.3) is 0 Å². The van der Waals surface area contributed by atoms with Crippen LogP contribution in [0.5, 0.6) is 0 Å². The summed E-state index contributed by atoms with van der Waals surface area (Å²) in [5, 5.41) is 0.203. The van der Waals surface area contributed by atoms with E-state index in [9.17, 15) is 13.2 Å². The van der Waals surface area contributed by atoms with Crippen LogP contribution in [0.1, 0.15) is 28.3 Å². The van der Waals surface area contributed by atoms with Gasteiger partial charge in [0.15, 0.2) is 0 Å². The van der Waals surface area contributed by atoms with E-state index in [0.29, 0.717) is 23.4 Å². The number of halogens is 5. The number of alkyl halides is 3. The third-order valence-corrected chi connectivity index (χ3v) is 3.94. The Hall–Kier alpha value is -1.37. The largest absolute Gasteiger partial charge is 0.416 e. The Morgan fingerprint density at radius 3 is 2.41 bits per heavy atom. The number of nitrogens with zero attached hydrogens (tertiary/aromatic N) is 2. The van der Waals surface area contributed by atoms with Crippen LogP contribution in [0.15, 0.2) is 24.3 Å². The van der Waals surface area contributed by atoms with Crippen molar-refractivity contribution < 1.29 is 17.9 Å². The van der Waals surface area contributed by atoms with Crippen molar-refractivity contribution in [3.63, 3.8) is 0 Å². The molecule has 8 heteroatoms. The lowest BCUT2D eigenvalue weighted by Gasteiger charge is -2.25. The van der Waals surface area contributed by atoms with Gasteiger partial charge in [-0.2, -0.15) is 13.2 Å². The Labute approximate surface area is 134 Å². The summed E-state index contributed by atoms with van der Waals surface area (Å²) in [6, 6.07) is 4.90. The average Bonchev–Trinajstić information content (AvgIpc) is 2.46. The molecule has 0 N–H and O–H groups in total.